The third-order valence-corrected chi connectivity index (χ3v) is 5.96. The normalized spacial score (nSPS) is 11.9. The van der Waals surface area contributed by atoms with Gasteiger partial charge in [-0.05, 0) is 37.1 Å². The summed E-state index contributed by atoms with van der Waals surface area (Å²) in [7, 11) is 0. The number of thiazole rings is 1. The first-order chi connectivity index (χ1) is 11.4. The van der Waals surface area contributed by atoms with Crippen molar-refractivity contribution in [1.29, 1.82) is 0 Å². The highest BCUT2D eigenvalue weighted by molar-refractivity contribution is 7.20. The molecule has 0 spiro atoms. The third-order valence-electron chi connectivity index (χ3n) is 3.45. The number of nitrogens with zero attached hydrogens (tertiary/aromatic N) is 2. The lowest BCUT2D eigenvalue weighted by Crippen LogP contribution is -2.16. The predicted octanol–water partition coefficient (Wildman–Crippen LogP) is 5.06. The van der Waals surface area contributed by atoms with E-state index in [1.54, 1.807) is 0 Å². The molecule has 0 aliphatic rings. The molecule has 0 fully saturated rings. The maximum Gasteiger partial charge on any atom is 0.282 e. The van der Waals surface area contributed by atoms with E-state index >= 15 is 0 Å². The second-order valence-electron chi connectivity index (χ2n) is 5.26. The summed E-state index contributed by atoms with van der Waals surface area (Å²) in [6.45, 7) is 4.40. The van der Waals surface area contributed by atoms with Gasteiger partial charge in [-0.15, -0.1) is 17.8 Å². The number of halogens is 2. The number of thiophene rings is 1. The van der Waals surface area contributed by atoms with Crippen molar-refractivity contribution in [1.82, 2.24) is 4.57 Å². The molecule has 0 saturated heterocycles. The van der Waals surface area contributed by atoms with Crippen molar-refractivity contribution in [2.75, 3.05) is 0 Å². The highest BCUT2D eigenvalue weighted by atomic mass is 35.5. The van der Waals surface area contributed by atoms with Crippen LogP contribution in [0.25, 0.3) is 10.2 Å². The summed E-state index contributed by atoms with van der Waals surface area (Å²) in [5.74, 6) is 2.20. The molecule has 0 bridgehead atoms. The fraction of sp³-hybridized carbons (Fsp3) is 0.176. The smallest absolute Gasteiger partial charge is 0.282 e. The van der Waals surface area contributed by atoms with Crippen LogP contribution in [0, 0.1) is 26.2 Å². The quantitative estimate of drug-likeness (QED) is 0.559. The van der Waals surface area contributed by atoms with Crippen molar-refractivity contribution in [2.45, 2.75) is 20.4 Å². The van der Waals surface area contributed by atoms with Crippen LogP contribution in [0.4, 0.5) is 0 Å². The summed E-state index contributed by atoms with van der Waals surface area (Å²) < 4.78 is 3.72. The molecule has 1 amide bonds. The van der Waals surface area contributed by atoms with Crippen LogP contribution in [0.2, 0.25) is 8.67 Å². The van der Waals surface area contributed by atoms with Gasteiger partial charge in [0.25, 0.3) is 5.91 Å². The minimum absolute atomic E-state index is 0.310. The number of hydrogen-bond acceptors (Lipinski definition) is 3. The lowest BCUT2D eigenvalue weighted by molar-refractivity contribution is 0.0998. The molecule has 0 aliphatic carbocycles. The Morgan fingerprint density at radius 2 is 2.04 bits per heavy atom. The number of carbonyl (C=O) groups is 1. The minimum atomic E-state index is -0.421. The van der Waals surface area contributed by atoms with Gasteiger partial charge in [-0.25, -0.2) is 0 Å². The molecule has 0 atom stereocenters. The van der Waals surface area contributed by atoms with Gasteiger partial charge in [-0.2, -0.15) is 4.99 Å². The second-order valence-corrected chi connectivity index (χ2v) is 8.55. The number of benzene rings is 1. The zero-order chi connectivity index (χ0) is 17.4. The Kier molecular flexibility index (Phi) is 4.84. The zero-order valence-electron chi connectivity index (χ0n) is 12.9. The Balaban J connectivity index is 2.23. The average Bonchev–Trinajstić information content (AvgIpc) is 2.99. The molecule has 3 rings (SSSR count). The number of fused-ring (bicyclic) bond motifs is 1. The Hall–Kier alpha value is -1.58. The first-order valence-corrected chi connectivity index (χ1v) is 9.37. The first-order valence-electron chi connectivity index (χ1n) is 6.98. The number of terminal acetylenes is 1. The van der Waals surface area contributed by atoms with Crippen LogP contribution in [0.15, 0.2) is 23.2 Å². The molecule has 122 valence electrons. The molecule has 0 saturated carbocycles. The van der Waals surface area contributed by atoms with E-state index in [4.69, 9.17) is 29.6 Å². The summed E-state index contributed by atoms with van der Waals surface area (Å²) in [4.78, 5) is 17.3. The van der Waals surface area contributed by atoms with Gasteiger partial charge in [0.2, 0.25) is 0 Å². The lowest BCUT2D eigenvalue weighted by atomic mass is 10.1. The highest BCUT2D eigenvalue weighted by Gasteiger charge is 2.15. The van der Waals surface area contributed by atoms with Crippen molar-refractivity contribution < 1.29 is 4.79 Å². The number of aryl methyl sites for hydroxylation is 2. The van der Waals surface area contributed by atoms with E-state index in [-0.39, 0.29) is 0 Å². The van der Waals surface area contributed by atoms with Gasteiger partial charge in [-0.1, -0.05) is 46.5 Å². The van der Waals surface area contributed by atoms with Gasteiger partial charge in [0.05, 0.1) is 26.7 Å². The molecule has 2 aromatic heterocycles. The maximum absolute atomic E-state index is 12.5. The monoisotopic (exact) mass is 394 g/mol. The largest absolute Gasteiger partial charge is 0.304 e. The standard InChI is InChI=1S/C17H12Cl2N2OS2/c1-4-5-21-14-10(3)6-9(2)7-12(14)23-17(21)20-16(22)11-8-13(18)24-15(11)19/h1,6-8H,5H2,2-3H3. The summed E-state index contributed by atoms with van der Waals surface area (Å²) in [5, 5.41) is 0. The van der Waals surface area contributed by atoms with Crippen LogP contribution >= 0.6 is 45.9 Å². The van der Waals surface area contributed by atoms with Crippen LogP contribution in [0.1, 0.15) is 21.5 Å². The zero-order valence-corrected chi connectivity index (χ0v) is 16.0. The van der Waals surface area contributed by atoms with E-state index in [1.165, 1.54) is 17.4 Å². The predicted molar refractivity (Wildman–Crippen MR) is 102 cm³/mol. The highest BCUT2D eigenvalue weighted by Crippen LogP contribution is 2.31. The maximum atomic E-state index is 12.5. The van der Waals surface area contributed by atoms with Crippen molar-refractivity contribution in [3.05, 3.63) is 48.4 Å². The van der Waals surface area contributed by atoms with Crippen LogP contribution in [-0.4, -0.2) is 10.5 Å². The van der Waals surface area contributed by atoms with E-state index in [2.05, 4.69) is 23.0 Å². The number of rotatable bonds is 2. The Morgan fingerprint density at radius 1 is 1.29 bits per heavy atom. The summed E-state index contributed by atoms with van der Waals surface area (Å²) in [5.41, 5.74) is 3.57. The first kappa shape index (κ1) is 17.2. The molecule has 0 aliphatic heterocycles. The van der Waals surface area contributed by atoms with Gasteiger partial charge < -0.3 is 4.57 Å². The van der Waals surface area contributed by atoms with E-state index in [0.29, 0.717) is 25.6 Å². The SMILES string of the molecule is C#CCn1c(=NC(=O)c2cc(Cl)sc2Cl)sc2cc(C)cc(C)c21. The summed E-state index contributed by atoms with van der Waals surface area (Å²) in [6, 6.07) is 5.69. The second kappa shape index (κ2) is 6.73. The molecule has 0 N–H and O–H groups in total. The van der Waals surface area contributed by atoms with Crippen LogP contribution < -0.4 is 4.80 Å². The van der Waals surface area contributed by atoms with Gasteiger partial charge in [-0.3, -0.25) is 4.79 Å². The van der Waals surface area contributed by atoms with E-state index in [1.807, 2.05) is 18.4 Å². The van der Waals surface area contributed by atoms with E-state index in [9.17, 15) is 4.79 Å². The van der Waals surface area contributed by atoms with E-state index < -0.39 is 5.91 Å². The van der Waals surface area contributed by atoms with Crippen molar-refractivity contribution in [3.8, 4) is 12.3 Å². The molecule has 2 heterocycles. The van der Waals surface area contributed by atoms with Crippen molar-refractivity contribution in [2.24, 2.45) is 4.99 Å². The molecular weight excluding hydrogens is 383 g/mol. The van der Waals surface area contributed by atoms with Gasteiger partial charge in [0, 0.05) is 0 Å². The van der Waals surface area contributed by atoms with Gasteiger partial charge >= 0.3 is 0 Å². The number of aromatic nitrogens is 1. The fourth-order valence-corrected chi connectivity index (χ4v) is 5.20. The van der Waals surface area contributed by atoms with Gasteiger partial charge in [0.1, 0.15) is 4.34 Å². The minimum Gasteiger partial charge on any atom is -0.304 e. The molecule has 0 unspecified atom stereocenters. The van der Waals surface area contributed by atoms with Gasteiger partial charge in [0.15, 0.2) is 4.80 Å². The number of carbonyl (C=O) groups excluding carboxylic acids is 1. The summed E-state index contributed by atoms with van der Waals surface area (Å²) in [6.07, 6.45) is 5.50. The third kappa shape index (κ3) is 3.15. The summed E-state index contributed by atoms with van der Waals surface area (Å²) >= 11 is 14.5. The topological polar surface area (TPSA) is 34.4 Å². The Labute approximate surface area is 157 Å². The Bertz CT molecular complexity index is 1070. The molecule has 24 heavy (non-hydrogen) atoms. The van der Waals surface area contributed by atoms with Crippen molar-refractivity contribution >= 4 is 62.0 Å². The molecule has 3 nitrogen and oxygen atoms in total. The van der Waals surface area contributed by atoms with Crippen LogP contribution in [0.5, 0.6) is 0 Å². The molecular formula is C17H12Cl2N2OS2. The molecule has 0 radical (unpaired) electrons. The van der Waals surface area contributed by atoms with Crippen molar-refractivity contribution in [3.63, 3.8) is 0 Å². The van der Waals surface area contributed by atoms with E-state index in [0.717, 1.165) is 32.7 Å². The lowest BCUT2D eigenvalue weighted by Gasteiger charge is -2.04. The molecule has 3 aromatic rings. The molecule has 7 heteroatoms. The number of hydrogen-bond donors (Lipinski definition) is 0. The Morgan fingerprint density at radius 3 is 2.67 bits per heavy atom. The van der Waals surface area contributed by atoms with Crippen LogP contribution in [-0.2, 0) is 6.54 Å². The fourth-order valence-electron chi connectivity index (χ4n) is 2.55. The van der Waals surface area contributed by atoms with Crippen LogP contribution in [0.3, 0.4) is 0 Å². The number of amides is 1. The molecule has 1 aromatic carbocycles. The average molecular weight is 395 g/mol.